The van der Waals surface area contributed by atoms with Crippen LogP contribution in [0.2, 0.25) is 0 Å². The van der Waals surface area contributed by atoms with Gasteiger partial charge in [0.05, 0.1) is 10.6 Å². The highest BCUT2D eigenvalue weighted by molar-refractivity contribution is 7.15. The SMILES string of the molecule is CCC(C)c1ccc(CCc2ccc(-c3ccccn3)s2)cc1. The van der Waals surface area contributed by atoms with Crippen LogP contribution in [0.4, 0.5) is 0 Å². The lowest BCUT2D eigenvalue weighted by Crippen LogP contribution is -1.93. The summed E-state index contributed by atoms with van der Waals surface area (Å²) in [5, 5.41) is 0. The molecule has 0 amide bonds. The van der Waals surface area contributed by atoms with Crippen molar-refractivity contribution < 1.29 is 0 Å². The van der Waals surface area contributed by atoms with Crippen molar-refractivity contribution in [1.82, 2.24) is 4.98 Å². The van der Waals surface area contributed by atoms with Gasteiger partial charge in [0.1, 0.15) is 0 Å². The van der Waals surface area contributed by atoms with Crippen LogP contribution in [0, 0.1) is 0 Å². The van der Waals surface area contributed by atoms with E-state index in [9.17, 15) is 0 Å². The van der Waals surface area contributed by atoms with Crippen molar-refractivity contribution in [2.24, 2.45) is 0 Å². The number of nitrogens with zero attached hydrogens (tertiary/aromatic N) is 1. The summed E-state index contributed by atoms with van der Waals surface area (Å²) in [4.78, 5) is 7.11. The van der Waals surface area contributed by atoms with E-state index in [1.807, 2.05) is 29.7 Å². The molecule has 0 saturated carbocycles. The number of hydrogen-bond donors (Lipinski definition) is 0. The first kappa shape index (κ1) is 15.9. The second-order valence-corrected chi connectivity index (χ2v) is 7.20. The van der Waals surface area contributed by atoms with E-state index < -0.39 is 0 Å². The highest BCUT2D eigenvalue weighted by Gasteiger charge is 2.05. The average Bonchev–Trinajstić information content (AvgIpc) is 3.09. The van der Waals surface area contributed by atoms with Crippen LogP contribution >= 0.6 is 11.3 Å². The third-order valence-corrected chi connectivity index (χ3v) is 5.57. The van der Waals surface area contributed by atoms with Crippen molar-refractivity contribution in [2.75, 3.05) is 0 Å². The van der Waals surface area contributed by atoms with Gasteiger partial charge in [-0.3, -0.25) is 4.98 Å². The van der Waals surface area contributed by atoms with Gasteiger partial charge in [-0.1, -0.05) is 44.2 Å². The maximum absolute atomic E-state index is 4.43. The fraction of sp³-hybridized carbons (Fsp3) is 0.286. The zero-order valence-corrected chi connectivity index (χ0v) is 14.6. The maximum Gasteiger partial charge on any atom is 0.0801 e. The van der Waals surface area contributed by atoms with E-state index in [1.165, 1.54) is 27.3 Å². The van der Waals surface area contributed by atoms with Crippen LogP contribution in [-0.4, -0.2) is 4.98 Å². The van der Waals surface area contributed by atoms with E-state index in [4.69, 9.17) is 0 Å². The summed E-state index contributed by atoms with van der Waals surface area (Å²) in [5.41, 5.74) is 3.94. The molecule has 1 aromatic carbocycles. The van der Waals surface area contributed by atoms with Gasteiger partial charge in [-0.05, 0) is 60.6 Å². The van der Waals surface area contributed by atoms with Gasteiger partial charge in [0, 0.05) is 11.1 Å². The molecule has 0 aliphatic heterocycles. The summed E-state index contributed by atoms with van der Waals surface area (Å²) in [5.74, 6) is 0.655. The number of rotatable bonds is 6. The van der Waals surface area contributed by atoms with Crippen molar-refractivity contribution in [3.05, 3.63) is 76.8 Å². The number of benzene rings is 1. The predicted molar refractivity (Wildman–Crippen MR) is 100 cm³/mol. The Bertz CT molecular complexity index is 728. The quantitative estimate of drug-likeness (QED) is 0.534. The molecule has 0 fully saturated rings. The third kappa shape index (κ3) is 4.08. The second-order valence-electron chi connectivity index (χ2n) is 6.03. The molecule has 1 atom stereocenters. The smallest absolute Gasteiger partial charge is 0.0801 e. The first-order chi connectivity index (χ1) is 11.3. The monoisotopic (exact) mass is 321 g/mol. The molecule has 23 heavy (non-hydrogen) atoms. The van der Waals surface area contributed by atoms with E-state index in [0.29, 0.717) is 5.92 Å². The zero-order valence-electron chi connectivity index (χ0n) is 13.8. The van der Waals surface area contributed by atoms with E-state index in [0.717, 1.165) is 18.5 Å². The normalized spacial score (nSPS) is 12.3. The lowest BCUT2D eigenvalue weighted by atomic mass is 9.97. The second kappa shape index (κ2) is 7.56. The molecule has 0 spiro atoms. The molecule has 1 nitrogen and oxygen atoms in total. The molecule has 0 N–H and O–H groups in total. The molecule has 3 rings (SSSR count). The summed E-state index contributed by atoms with van der Waals surface area (Å²) in [6.07, 6.45) is 5.25. The Morgan fingerprint density at radius 2 is 1.78 bits per heavy atom. The molecular formula is C21H23NS. The van der Waals surface area contributed by atoms with Gasteiger partial charge >= 0.3 is 0 Å². The average molecular weight is 321 g/mol. The Morgan fingerprint density at radius 1 is 0.957 bits per heavy atom. The molecule has 2 heterocycles. The molecule has 1 unspecified atom stereocenters. The molecular weight excluding hydrogens is 298 g/mol. The topological polar surface area (TPSA) is 12.9 Å². The number of pyridine rings is 1. The van der Waals surface area contributed by atoms with Crippen LogP contribution in [0.25, 0.3) is 10.6 Å². The van der Waals surface area contributed by atoms with Crippen molar-refractivity contribution in [2.45, 2.75) is 39.0 Å². The van der Waals surface area contributed by atoms with Gasteiger partial charge < -0.3 is 0 Å². The van der Waals surface area contributed by atoms with Crippen LogP contribution in [0.3, 0.4) is 0 Å². The standard InChI is InChI=1S/C21H23NS/c1-3-16(2)18-10-7-17(8-11-18)9-12-19-13-14-21(23-19)20-6-4-5-15-22-20/h4-8,10-11,13-16H,3,9,12H2,1-2H3. The molecule has 2 heteroatoms. The van der Waals surface area contributed by atoms with Crippen LogP contribution < -0.4 is 0 Å². The largest absolute Gasteiger partial charge is 0.255 e. The van der Waals surface area contributed by atoms with E-state index >= 15 is 0 Å². The number of thiophene rings is 1. The van der Waals surface area contributed by atoms with Crippen LogP contribution in [-0.2, 0) is 12.8 Å². The van der Waals surface area contributed by atoms with Gasteiger partial charge in [-0.2, -0.15) is 0 Å². The van der Waals surface area contributed by atoms with Crippen molar-refractivity contribution in [3.63, 3.8) is 0 Å². The van der Waals surface area contributed by atoms with E-state index in [2.05, 4.69) is 61.3 Å². The van der Waals surface area contributed by atoms with Crippen LogP contribution in [0.5, 0.6) is 0 Å². The fourth-order valence-electron chi connectivity index (χ4n) is 2.67. The van der Waals surface area contributed by atoms with Crippen molar-refractivity contribution in [1.29, 1.82) is 0 Å². The Morgan fingerprint density at radius 3 is 2.48 bits per heavy atom. The molecule has 0 saturated heterocycles. The summed E-state index contributed by atoms with van der Waals surface area (Å²) in [6, 6.07) is 19.7. The van der Waals surface area contributed by atoms with Gasteiger partial charge in [-0.15, -0.1) is 11.3 Å². The Labute approximate surface area is 143 Å². The Kier molecular flexibility index (Phi) is 5.24. The summed E-state index contributed by atoms with van der Waals surface area (Å²) in [7, 11) is 0. The molecule has 0 aliphatic carbocycles. The number of aromatic nitrogens is 1. The minimum absolute atomic E-state index is 0.655. The minimum Gasteiger partial charge on any atom is -0.255 e. The lowest BCUT2D eigenvalue weighted by Gasteiger charge is -2.09. The van der Waals surface area contributed by atoms with Crippen LogP contribution in [0.15, 0.2) is 60.8 Å². The van der Waals surface area contributed by atoms with Crippen molar-refractivity contribution in [3.8, 4) is 10.6 Å². The van der Waals surface area contributed by atoms with E-state index in [1.54, 1.807) is 0 Å². The maximum atomic E-state index is 4.43. The highest BCUT2D eigenvalue weighted by Crippen LogP contribution is 2.27. The van der Waals surface area contributed by atoms with Gasteiger partial charge in [0.25, 0.3) is 0 Å². The Hall–Kier alpha value is -1.93. The molecule has 3 aromatic rings. The van der Waals surface area contributed by atoms with Crippen molar-refractivity contribution >= 4 is 11.3 Å². The number of aryl methyl sites for hydroxylation is 2. The van der Waals surface area contributed by atoms with Gasteiger partial charge in [0.2, 0.25) is 0 Å². The summed E-state index contributed by atoms with van der Waals surface area (Å²) < 4.78 is 0. The highest BCUT2D eigenvalue weighted by atomic mass is 32.1. The molecule has 0 aliphatic rings. The minimum atomic E-state index is 0.655. The van der Waals surface area contributed by atoms with Crippen LogP contribution in [0.1, 0.15) is 42.2 Å². The molecule has 0 bridgehead atoms. The predicted octanol–water partition coefficient (Wildman–Crippen LogP) is 6.11. The van der Waals surface area contributed by atoms with E-state index in [-0.39, 0.29) is 0 Å². The molecule has 118 valence electrons. The number of hydrogen-bond acceptors (Lipinski definition) is 2. The summed E-state index contributed by atoms with van der Waals surface area (Å²) >= 11 is 1.85. The first-order valence-corrected chi connectivity index (χ1v) is 9.17. The van der Waals surface area contributed by atoms with Gasteiger partial charge in [0.15, 0.2) is 0 Å². The Balaban J connectivity index is 1.62. The first-order valence-electron chi connectivity index (χ1n) is 8.35. The molecule has 0 radical (unpaired) electrons. The third-order valence-electron chi connectivity index (χ3n) is 4.40. The fourth-order valence-corrected chi connectivity index (χ4v) is 3.66. The molecule has 2 aromatic heterocycles. The summed E-state index contributed by atoms with van der Waals surface area (Å²) in [6.45, 7) is 4.54. The lowest BCUT2D eigenvalue weighted by molar-refractivity contribution is 0.733. The zero-order chi connectivity index (χ0) is 16.1. The van der Waals surface area contributed by atoms with Gasteiger partial charge in [-0.25, -0.2) is 0 Å².